The lowest BCUT2D eigenvalue weighted by atomic mass is 9.96. The molecule has 2 aromatic rings. The van der Waals surface area contributed by atoms with Gasteiger partial charge in [0, 0.05) is 6.07 Å². The molecule has 0 aliphatic carbocycles. The topological polar surface area (TPSA) is 55.8 Å². The summed E-state index contributed by atoms with van der Waals surface area (Å²) in [5, 5.41) is 0. The molecule has 0 unspecified atom stereocenters. The number of hydrogen-bond acceptors (Lipinski definition) is 4. The first-order chi connectivity index (χ1) is 12.3. The van der Waals surface area contributed by atoms with E-state index >= 15 is 0 Å². The molecule has 136 valence electrons. The lowest BCUT2D eigenvalue weighted by Crippen LogP contribution is -2.42. The van der Waals surface area contributed by atoms with Crippen LogP contribution in [-0.4, -0.2) is 26.0 Å². The number of imide groups is 1. The maximum atomic E-state index is 12.9. The standard InChI is InChI=1S/C18H14F3NO4/c1-25-13-6-10-7-15(23)22(17(24)16(10)14(9-13)26-2)12-5-3-4-11(8-12)18(19,20)21/h3-6,8-9H,7H2,1-2H3. The van der Waals surface area contributed by atoms with Crippen molar-refractivity contribution in [1.29, 1.82) is 0 Å². The Morgan fingerprint density at radius 3 is 2.38 bits per heavy atom. The summed E-state index contributed by atoms with van der Waals surface area (Å²) in [6.07, 6.45) is -4.74. The summed E-state index contributed by atoms with van der Waals surface area (Å²) in [6, 6.07) is 7.11. The van der Waals surface area contributed by atoms with Crippen LogP contribution in [0.5, 0.6) is 11.5 Å². The molecule has 0 aromatic heterocycles. The summed E-state index contributed by atoms with van der Waals surface area (Å²) >= 11 is 0. The highest BCUT2D eigenvalue weighted by molar-refractivity contribution is 6.25. The normalized spacial score (nSPS) is 14.3. The Balaban J connectivity index is 2.11. The molecule has 2 amide bonds. The second-order valence-corrected chi connectivity index (χ2v) is 5.62. The number of carbonyl (C=O) groups is 2. The van der Waals surface area contributed by atoms with E-state index in [0.29, 0.717) is 11.3 Å². The van der Waals surface area contributed by atoms with Crippen molar-refractivity contribution in [3.63, 3.8) is 0 Å². The SMILES string of the molecule is COc1cc2c(c(OC)c1)C(=O)N(c1cccc(C(F)(F)F)c1)C(=O)C2. The number of alkyl halides is 3. The van der Waals surface area contributed by atoms with Crippen molar-refractivity contribution < 1.29 is 32.2 Å². The van der Waals surface area contributed by atoms with Crippen LogP contribution in [0.3, 0.4) is 0 Å². The van der Waals surface area contributed by atoms with Crippen LogP contribution in [-0.2, 0) is 17.4 Å². The molecular formula is C18H14F3NO4. The predicted octanol–water partition coefficient (Wildman–Crippen LogP) is 3.45. The van der Waals surface area contributed by atoms with Crippen LogP contribution in [0.15, 0.2) is 36.4 Å². The zero-order valence-electron chi connectivity index (χ0n) is 13.9. The Kier molecular flexibility index (Phi) is 4.35. The number of fused-ring (bicyclic) bond motifs is 1. The molecule has 0 atom stereocenters. The van der Waals surface area contributed by atoms with Crippen molar-refractivity contribution in [3.05, 3.63) is 53.1 Å². The van der Waals surface area contributed by atoms with E-state index in [-0.39, 0.29) is 23.4 Å². The van der Waals surface area contributed by atoms with Gasteiger partial charge in [-0.25, -0.2) is 4.90 Å². The Morgan fingerprint density at radius 1 is 1.04 bits per heavy atom. The first-order valence-electron chi connectivity index (χ1n) is 7.55. The Bertz CT molecular complexity index is 892. The third kappa shape index (κ3) is 2.98. The maximum Gasteiger partial charge on any atom is 0.416 e. The Hall–Kier alpha value is -3.03. The quantitative estimate of drug-likeness (QED) is 0.782. The molecule has 5 nitrogen and oxygen atoms in total. The number of methoxy groups -OCH3 is 2. The van der Waals surface area contributed by atoms with Crippen LogP contribution in [0.2, 0.25) is 0 Å². The molecule has 1 heterocycles. The van der Waals surface area contributed by atoms with E-state index in [4.69, 9.17) is 9.47 Å². The van der Waals surface area contributed by atoms with Crippen molar-refractivity contribution in [2.24, 2.45) is 0 Å². The third-order valence-corrected chi connectivity index (χ3v) is 4.05. The van der Waals surface area contributed by atoms with E-state index in [2.05, 4.69) is 0 Å². The fourth-order valence-electron chi connectivity index (χ4n) is 2.86. The van der Waals surface area contributed by atoms with Crippen LogP contribution in [0.4, 0.5) is 18.9 Å². The Labute approximate surface area is 146 Å². The molecule has 2 aromatic carbocycles. The summed E-state index contributed by atoms with van der Waals surface area (Å²) in [7, 11) is 2.79. The minimum absolute atomic E-state index is 0.130. The highest BCUT2D eigenvalue weighted by atomic mass is 19.4. The van der Waals surface area contributed by atoms with Crippen molar-refractivity contribution in [2.45, 2.75) is 12.6 Å². The molecule has 26 heavy (non-hydrogen) atoms. The van der Waals surface area contributed by atoms with Gasteiger partial charge in [0.05, 0.1) is 37.5 Å². The van der Waals surface area contributed by atoms with Crippen LogP contribution in [0.25, 0.3) is 0 Å². The summed E-state index contributed by atoms with van der Waals surface area (Å²) in [5.74, 6) is -0.769. The first kappa shape index (κ1) is 17.8. The van der Waals surface area contributed by atoms with Crippen molar-refractivity contribution >= 4 is 17.5 Å². The average molecular weight is 365 g/mol. The van der Waals surface area contributed by atoms with E-state index in [1.54, 1.807) is 0 Å². The van der Waals surface area contributed by atoms with Crippen LogP contribution >= 0.6 is 0 Å². The van der Waals surface area contributed by atoms with Gasteiger partial charge in [0.15, 0.2) is 0 Å². The van der Waals surface area contributed by atoms with E-state index < -0.39 is 23.6 Å². The minimum atomic E-state index is -4.58. The van der Waals surface area contributed by atoms with Gasteiger partial charge in [-0.15, -0.1) is 0 Å². The lowest BCUT2D eigenvalue weighted by Gasteiger charge is -2.28. The number of benzene rings is 2. The number of nitrogens with zero attached hydrogens (tertiary/aromatic N) is 1. The van der Waals surface area contributed by atoms with E-state index in [1.165, 1.54) is 32.4 Å². The molecule has 0 saturated heterocycles. The Morgan fingerprint density at radius 2 is 1.77 bits per heavy atom. The number of rotatable bonds is 3. The van der Waals surface area contributed by atoms with E-state index in [0.717, 1.165) is 23.1 Å². The minimum Gasteiger partial charge on any atom is -0.497 e. The van der Waals surface area contributed by atoms with Gasteiger partial charge < -0.3 is 9.47 Å². The van der Waals surface area contributed by atoms with Crippen LogP contribution in [0, 0.1) is 0 Å². The molecule has 3 rings (SSSR count). The van der Waals surface area contributed by atoms with Gasteiger partial charge in [0.2, 0.25) is 5.91 Å². The van der Waals surface area contributed by atoms with Gasteiger partial charge in [0.1, 0.15) is 11.5 Å². The van der Waals surface area contributed by atoms with Crippen molar-refractivity contribution in [2.75, 3.05) is 19.1 Å². The maximum absolute atomic E-state index is 12.9. The van der Waals surface area contributed by atoms with Gasteiger partial charge >= 0.3 is 6.18 Å². The fraction of sp³-hybridized carbons (Fsp3) is 0.222. The monoisotopic (exact) mass is 365 g/mol. The molecule has 1 aliphatic heterocycles. The van der Waals surface area contributed by atoms with Gasteiger partial charge in [-0.2, -0.15) is 13.2 Å². The fourth-order valence-corrected chi connectivity index (χ4v) is 2.86. The third-order valence-electron chi connectivity index (χ3n) is 4.05. The van der Waals surface area contributed by atoms with E-state index in [1.807, 2.05) is 0 Å². The molecule has 0 bridgehead atoms. The first-order valence-corrected chi connectivity index (χ1v) is 7.55. The smallest absolute Gasteiger partial charge is 0.416 e. The zero-order chi connectivity index (χ0) is 19.1. The summed E-state index contributed by atoms with van der Waals surface area (Å²) < 4.78 is 49.2. The number of carbonyl (C=O) groups excluding carboxylic acids is 2. The average Bonchev–Trinajstić information content (AvgIpc) is 2.60. The lowest BCUT2D eigenvalue weighted by molar-refractivity contribution is -0.137. The predicted molar refractivity (Wildman–Crippen MR) is 86.5 cm³/mol. The van der Waals surface area contributed by atoms with Crippen LogP contribution < -0.4 is 14.4 Å². The molecule has 0 radical (unpaired) electrons. The molecule has 0 spiro atoms. The molecule has 0 fully saturated rings. The molecule has 1 aliphatic rings. The van der Waals surface area contributed by atoms with Gasteiger partial charge in [-0.3, -0.25) is 9.59 Å². The summed E-state index contributed by atoms with van der Waals surface area (Å²) in [4.78, 5) is 26.1. The molecule has 0 N–H and O–H groups in total. The second-order valence-electron chi connectivity index (χ2n) is 5.62. The highest BCUT2D eigenvalue weighted by Gasteiger charge is 2.37. The van der Waals surface area contributed by atoms with Crippen molar-refractivity contribution in [1.82, 2.24) is 0 Å². The van der Waals surface area contributed by atoms with Gasteiger partial charge in [-0.05, 0) is 29.8 Å². The van der Waals surface area contributed by atoms with E-state index in [9.17, 15) is 22.8 Å². The van der Waals surface area contributed by atoms with Crippen molar-refractivity contribution in [3.8, 4) is 11.5 Å². The number of ether oxygens (including phenoxy) is 2. The number of amides is 2. The number of halogens is 3. The summed E-state index contributed by atoms with van der Waals surface area (Å²) in [5.41, 5.74) is -0.550. The van der Waals surface area contributed by atoms with Gasteiger partial charge in [0.25, 0.3) is 5.91 Å². The van der Waals surface area contributed by atoms with Gasteiger partial charge in [-0.1, -0.05) is 6.07 Å². The largest absolute Gasteiger partial charge is 0.497 e. The molecule has 8 heteroatoms. The number of anilines is 1. The number of hydrogen-bond donors (Lipinski definition) is 0. The van der Waals surface area contributed by atoms with Crippen LogP contribution in [0.1, 0.15) is 21.5 Å². The molecular weight excluding hydrogens is 351 g/mol. The highest BCUT2D eigenvalue weighted by Crippen LogP contribution is 2.37. The summed E-state index contributed by atoms with van der Waals surface area (Å²) in [6.45, 7) is 0. The second kappa shape index (κ2) is 6.36. The molecule has 0 saturated carbocycles. The zero-order valence-corrected chi connectivity index (χ0v) is 13.9.